The van der Waals surface area contributed by atoms with Crippen LogP contribution < -0.4 is 5.32 Å². The van der Waals surface area contributed by atoms with Crippen LogP contribution in [0.5, 0.6) is 0 Å². The van der Waals surface area contributed by atoms with Crippen molar-refractivity contribution in [3.05, 3.63) is 0 Å². The van der Waals surface area contributed by atoms with Gasteiger partial charge in [-0.25, -0.2) is 0 Å². The van der Waals surface area contributed by atoms with Crippen molar-refractivity contribution in [1.29, 1.82) is 5.26 Å². The SMILES string of the molecule is CCN(CCCC(C#N)(CC)NC1CC1)CC(C)C. The Labute approximate surface area is 119 Å². The highest BCUT2D eigenvalue weighted by Crippen LogP contribution is 2.26. The second kappa shape index (κ2) is 7.87. The van der Waals surface area contributed by atoms with Crippen molar-refractivity contribution in [3.8, 4) is 6.07 Å². The van der Waals surface area contributed by atoms with Gasteiger partial charge in [0.15, 0.2) is 0 Å². The Hall–Kier alpha value is -0.590. The summed E-state index contributed by atoms with van der Waals surface area (Å²) in [5.41, 5.74) is -0.279. The largest absolute Gasteiger partial charge is 0.303 e. The fourth-order valence-corrected chi connectivity index (χ4v) is 2.64. The second-order valence-corrected chi connectivity index (χ2v) is 6.36. The first kappa shape index (κ1) is 16.5. The summed E-state index contributed by atoms with van der Waals surface area (Å²) in [5, 5.41) is 13.1. The summed E-state index contributed by atoms with van der Waals surface area (Å²) in [4.78, 5) is 2.50. The van der Waals surface area contributed by atoms with Gasteiger partial charge in [0.1, 0.15) is 5.54 Å². The van der Waals surface area contributed by atoms with Crippen LogP contribution in [0.25, 0.3) is 0 Å². The molecule has 1 N–H and O–H groups in total. The normalized spacial score (nSPS) is 18.6. The first-order valence-corrected chi connectivity index (χ1v) is 7.96. The van der Waals surface area contributed by atoms with E-state index < -0.39 is 0 Å². The molecule has 0 aromatic carbocycles. The molecule has 0 aromatic heterocycles. The number of hydrogen-bond acceptors (Lipinski definition) is 3. The summed E-state index contributed by atoms with van der Waals surface area (Å²) in [7, 11) is 0. The van der Waals surface area contributed by atoms with Gasteiger partial charge in [0.05, 0.1) is 6.07 Å². The highest BCUT2D eigenvalue weighted by atomic mass is 15.1. The summed E-state index contributed by atoms with van der Waals surface area (Å²) in [5.74, 6) is 0.719. The first-order valence-electron chi connectivity index (χ1n) is 7.96. The van der Waals surface area contributed by atoms with Gasteiger partial charge in [-0.1, -0.05) is 27.7 Å². The van der Waals surface area contributed by atoms with E-state index in [4.69, 9.17) is 0 Å². The van der Waals surface area contributed by atoms with Crippen LogP contribution in [-0.4, -0.2) is 36.1 Å². The van der Waals surface area contributed by atoms with Gasteiger partial charge in [-0.05, 0) is 51.1 Å². The molecule has 0 saturated heterocycles. The minimum atomic E-state index is -0.279. The topological polar surface area (TPSA) is 39.1 Å². The van der Waals surface area contributed by atoms with Crippen molar-refractivity contribution in [2.45, 2.75) is 71.4 Å². The van der Waals surface area contributed by atoms with E-state index in [9.17, 15) is 5.26 Å². The Morgan fingerprint density at radius 3 is 2.47 bits per heavy atom. The molecule has 0 aromatic rings. The molecule has 0 heterocycles. The maximum absolute atomic E-state index is 9.49. The zero-order valence-corrected chi connectivity index (χ0v) is 13.2. The third-order valence-corrected chi connectivity index (χ3v) is 4.02. The summed E-state index contributed by atoms with van der Waals surface area (Å²) in [6.07, 6.45) is 5.50. The van der Waals surface area contributed by atoms with Crippen LogP contribution in [0.4, 0.5) is 0 Å². The Balaban J connectivity index is 2.36. The fourth-order valence-electron chi connectivity index (χ4n) is 2.64. The molecule has 1 atom stereocenters. The van der Waals surface area contributed by atoms with Gasteiger partial charge in [-0.3, -0.25) is 5.32 Å². The minimum absolute atomic E-state index is 0.279. The van der Waals surface area contributed by atoms with Crippen molar-refractivity contribution >= 4 is 0 Å². The molecule has 3 heteroatoms. The molecule has 19 heavy (non-hydrogen) atoms. The predicted octanol–water partition coefficient (Wildman–Crippen LogP) is 3.17. The summed E-state index contributed by atoms with van der Waals surface area (Å²) in [6, 6.07) is 3.15. The standard InChI is InChI=1S/C16H31N3/c1-5-16(13-17,18-15-8-9-15)10-7-11-19(6-2)12-14(3)4/h14-15,18H,5-12H2,1-4H3. The molecule has 0 spiro atoms. The highest BCUT2D eigenvalue weighted by molar-refractivity contribution is 5.09. The summed E-state index contributed by atoms with van der Waals surface area (Å²) in [6.45, 7) is 12.3. The smallest absolute Gasteiger partial charge is 0.106 e. The van der Waals surface area contributed by atoms with Gasteiger partial charge in [-0.15, -0.1) is 0 Å². The second-order valence-electron chi connectivity index (χ2n) is 6.36. The minimum Gasteiger partial charge on any atom is -0.303 e. The third kappa shape index (κ3) is 5.93. The average Bonchev–Trinajstić information content (AvgIpc) is 3.19. The Morgan fingerprint density at radius 1 is 1.37 bits per heavy atom. The predicted molar refractivity (Wildman–Crippen MR) is 81.0 cm³/mol. The first-order chi connectivity index (χ1) is 9.05. The van der Waals surface area contributed by atoms with Gasteiger partial charge in [0.2, 0.25) is 0 Å². The number of nitrogens with one attached hydrogen (secondary N) is 1. The van der Waals surface area contributed by atoms with E-state index in [-0.39, 0.29) is 5.54 Å². The van der Waals surface area contributed by atoms with Crippen molar-refractivity contribution in [3.63, 3.8) is 0 Å². The number of hydrogen-bond donors (Lipinski definition) is 1. The molecule has 1 fully saturated rings. The van der Waals surface area contributed by atoms with Crippen molar-refractivity contribution in [2.24, 2.45) is 5.92 Å². The molecule has 0 aliphatic heterocycles. The van der Waals surface area contributed by atoms with Crippen LogP contribution in [0.3, 0.4) is 0 Å². The van der Waals surface area contributed by atoms with Crippen LogP contribution >= 0.6 is 0 Å². The van der Waals surface area contributed by atoms with Gasteiger partial charge < -0.3 is 4.90 Å². The molecule has 3 nitrogen and oxygen atoms in total. The molecule has 110 valence electrons. The number of nitriles is 1. The van der Waals surface area contributed by atoms with E-state index in [1.807, 2.05) is 0 Å². The lowest BCUT2D eigenvalue weighted by molar-refractivity contribution is 0.238. The number of rotatable bonds is 10. The number of nitrogens with zero attached hydrogens (tertiary/aromatic N) is 2. The fraction of sp³-hybridized carbons (Fsp3) is 0.938. The van der Waals surface area contributed by atoms with Crippen molar-refractivity contribution in [1.82, 2.24) is 10.2 Å². The molecule has 0 amide bonds. The van der Waals surface area contributed by atoms with E-state index in [1.165, 1.54) is 12.8 Å². The summed E-state index contributed by atoms with van der Waals surface area (Å²) < 4.78 is 0. The van der Waals surface area contributed by atoms with Crippen LogP contribution in [0, 0.1) is 17.2 Å². The monoisotopic (exact) mass is 265 g/mol. The molecule has 1 aliphatic carbocycles. The van der Waals surface area contributed by atoms with Crippen LogP contribution in [0.1, 0.15) is 59.8 Å². The van der Waals surface area contributed by atoms with Gasteiger partial charge >= 0.3 is 0 Å². The third-order valence-electron chi connectivity index (χ3n) is 4.02. The zero-order valence-electron chi connectivity index (χ0n) is 13.2. The lowest BCUT2D eigenvalue weighted by atomic mass is 9.91. The van der Waals surface area contributed by atoms with Crippen LogP contribution in [0.15, 0.2) is 0 Å². The van der Waals surface area contributed by atoms with E-state index in [2.05, 4.69) is 44.0 Å². The van der Waals surface area contributed by atoms with Gasteiger partial charge in [0, 0.05) is 12.6 Å². The van der Waals surface area contributed by atoms with E-state index in [1.54, 1.807) is 0 Å². The molecular weight excluding hydrogens is 234 g/mol. The Bertz CT molecular complexity index is 291. The maximum Gasteiger partial charge on any atom is 0.106 e. The lowest BCUT2D eigenvalue weighted by Crippen LogP contribution is -2.45. The Morgan fingerprint density at radius 2 is 2.05 bits per heavy atom. The molecular formula is C16H31N3. The van der Waals surface area contributed by atoms with E-state index >= 15 is 0 Å². The van der Waals surface area contributed by atoms with E-state index in [0.29, 0.717) is 6.04 Å². The summed E-state index contributed by atoms with van der Waals surface area (Å²) >= 11 is 0. The highest BCUT2D eigenvalue weighted by Gasteiger charge is 2.34. The van der Waals surface area contributed by atoms with Crippen molar-refractivity contribution < 1.29 is 0 Å². The molecule has 1 unspecified atom stereocenters. The maximum atomic E-state index is 9.49. The quantitative estimate of drug-likeness (QED) is 0.659. The zero-order chi connectivity index (χ0) is 14.3. The van der Waals surface area contributed by atoms with E-state index in [0.717, 1.165) is 44.8 Å². The molecule has 0 bridgehead atoms. The molecule has 1 saturated carbocycles. The molecule has 1 aliphatic rings. The average molecular weight is 265 g/mol. The van der Waals surface area contributed by atoms with Crippen LogP contribution in [0.2, 0.25) is 0 Å². The van der Waals surface area contributed by atoms with Crippen LogP contribution in [-0.2, 0) is 0 Å². The van der Waals surface area contributed by atoms with Gasteiger partial charge in [-0.2, -0.15) is 5.26 Å². The van der Waals surface area contributed by atoms with Gasteiger partial charge in [0.25, 0.3) is 0 Å². The molecule has 1 rings (SSSR count). The molecule has 0 radical (unpaired) electrons. The lowest BCUT2D eigenvalue weighted by Gasteiger charge is -2.29. The Kier molecular flexibility index (Phi) is 6.82. The van der Waals surface area contributed by atoms with Crippen molar-refractivity contribution in [2.75, 3.05) is 19.6 Å².